The number of rotatable bonds is 8. The van der Waals surface area contributed by atoms with Gasteiger partial charge in [-0.3, -0.25) is 4.79 Å². The number of hydrogen-bond donors (Lipinski definition) is 2. The highest BCUT2D eigenvalue weighted by Crippen LogP contribution is 2.12. The minimum atomic E-state index is 0. The van der Waals surface area contributed by atoms with Crippen molar-refractivity contribution in [1.82, 2.24) is 10.6 Å². The SMILES string of the molecule is CNCCCNC(=O)CCOc1cccc(C)c1.Cl. The lowest BCUT2D eigenvalue weighted by Crippen LogP contribution is -2.27. The Bertz CT molecular complexity index is 372. The summed E-state index contributed by atoms with van der Waals surface area (Å²) in [6.07, 6.45) is 1.34. The second-order valence-corrected chi connectivity index (χ2v) is 4.22. The summed E-state index contributed by atoms with van der Waals surface area (Å²) < 4.78 is 5.51. The van der Waals surface area contributed by atoms with E-state index in [0.717, 1.165) is 24.3 Å². The average molecular weight is 287 g/mol. The van der Waals surface area contributed by atoms with E-state index in [1.165, 1.54) is 0 Å². The molecule has 5 heteroatoms. The normalized spacial score (nSPS) is 9.58. The molecule has 4 nitrogen and oxygen atoms in total. The molecule has 1 aromatic rings. The second kappa shape index (κ2) is 10.6. The standard InChI is InChI=1S/C14H22N2O2.ClH/c1-12-5-3-6-13(11-12)18-10-7-14(17)16-9-4-8-15-2;/h3,5-6,11,15H,4,7-10H2,1-2H3,(H,16,17);1H. The van der Waals surface area contributed by atoms with Crippen molar-refractivity contribution in [2.75, 3.05) is 26.7 Å². The highest BCUT2D eigenvalue weighted by molar-refractivity contribution is 5.85. The Morgan fingerprint density at radius 2 is 2.11 bits per heavy atom. The maximum absolute atomic E-state index is 11.5. The molecule has 1 rings (SSSR count). The Morgan fingerprint density at radius 3 is 2.79 bits per heavy atom. The van der Waals surface area contributed by atoms with Crippen molar-refractivity contribution in [3.8, 4) is 5.75 Å². The van der Waals surface area contributed by atoms with Gasteiger partial charge in [0.05, 0.1) is 13.0 Å². The zero-order chi connectivity index (χ0) is 13.2. The number of hydrogen-bond acceptors (Lipinski definition) is 3. The third-order valence-electron chi connectivity index (χ3n) is 2.51. The van der Waals surface area contributed by atoms with Crippen molar-refractivity contribution in [2.45, 2.75) is 19.8 Å². The number of benzene rings is 1. The molecule has 19 heavy (non-hydrogen) atoms. The zero-order valence-corrected chi connectivity index (χ0v) is 12.4. The van der Waals surface area contributed by atoms with Gasteiger partial charge in [0, 0.05) is 6.54 Å². The highest BCUT2D eigenvalue weighted by Gasteiger charge is 2.01. The lowest BCUT2D eigenvalue weighted by Gasteiger charge is -2.07. The van der Waals surface area contributed by atoms with Crippen LogP contribution in [0.4, 0.5) is 0 Å². The summed E-state index contributed by atoms with van der Waals surface area (Å²) in [6.45, 7) is 4.06. The molecule has 1 amide bonds. The maximum Gasteiger partial charge on any atom is 0.223 e. The molecule has 0 saturated heterocycles. The number of carbonyl (C=O) groups is 1. The van der Waals surface area contributed by atoms with E-state index in [-0.39, 0.29) is 18.3 Å². The predicted molar refractivity (Wildman–Crippen MR) is 80.1 cm³/mol. The topological polar surface area (TPSA) is 50.4 Å². The van der Waals surface area contributed by atoms with Gasteiger partial charge < -0.3 is 15.4 Å². The van der Waals surface area contributed by atoms with E-state index in [1.54, 1.807) is 0 Å². The molecular weight excluding hydrogens is 264 g/mol. The molecule has 0 aromatic heterocycles. The fraction of sp³-hybridized carbons (Fsp3) is 0.500. The van der Waals surface area contributed by atoms with Crippen molar-refractivity contribution in [3.63, 3.8) is 0 Å². The van der Waals surface area contributed by atoms with Gasteiger partial charge in [-0.1, -0.05) is 12.1 Å². The minimum absolute atomic E-state index is 0. The zero-order valence-electron chi connectivity index (χ0n) is 11.6. The monoisotopic (exact) mass is 286 g/mol. The van der Waals surface area contributed by atoms with Crippen LogP contribution in [0.5, 0.6) is 5.75 Å². The third kappa shape index (κ3) is 8.46. The quantitative estimate of drug-likeness (QED) is 0.718. The van der Waals surface area contributed by atoms with Gasteiger partial charge in [-0.2, -0.15) is 0 Å². The Hall–Kier alpha value is -1.26. The largest absolute Gasteiger partial charge is 0.493 e. The van der Waals surface area contributed by atoms with Crippen molar-refractivity contribution in [2.24, 2.45) is 0 Å². The van der Waals surface area contributed by atoms with Gasteiger partial charge in [0.2, 0.25) is 5.91 Å². The molecule has 0 bridgehead atoms. The van der Waals surface area contributed by atoms with Crippen LogP contribution in [0.1, 0.15) is 18.4 Å². The number of halogens is 1. The van der Waals surface area contributed by atoms with Gasteiger partial charge in [-0.15, -0.1) is 12.4 Å². The summed E-state index contributed by atoms with van der Waals surface area (Å²) in [5.41, 5.74) is 1.16. The first-order valence-electron chi connectivity index (χ1n) is 6.33. The predicted octanol–water partition coefficient (Wildman–Crippen LogP) is 1.91. The van der Waals surface area contributed by atoms with Crippen molar-refractivity contribution >= 4 is 18.3 Å². The Kier molecular flexibility index (Phi) is 9.94. The first-order valence-corrected chi connectivity index (χ1v) is 6.33. The van der Waals surface area contributed by atoms with E-state index in [4.69, 9.17) is 4.74 Å². The van der Waals surface area contributed by atoms with Gasteiger partial charge in [0.1, 0.15) is 5.75 Å². The van der Waals surface area contributed by atoms with E-state index in [0.29, 0.717) is 19.6 Å². The van der Waals surface area contributed by atoms with Crippen LogP contribution in [-0.4, -0.2) is 32.7 Å². The molecule has 108 valence electrons. The fourth-order valence-electron chi connectivity index (χ4n) is 1.55. The molecule has 0 radical (unpaired) electrons. The van der Waals surface area contributed by atoms with E-state index in [1.807, 2.05) is 38.2 Å². The third-order valence-corrected chi connectivity index (χ3v) is 2.51. The smallest absolute Gasteiger partial charge is 0.223 e. The van der Waals surface area contributed by atoms with Crippen LogP contribution in [0.3, 0.4) is 0 Å². The van der Waals surface area contributed by atoms with Crippen LogP contribution in [0.25, 0.3) is 0 Å². The summed E-state index contributed by atoms with van der Waals surface area (Å²) in [7, 11) is 1.90. The number of aryl methyl sites for hydroxylation is 1. The summed E-state index contributed by atoms with van der Waals surface area (Å²) in [6, 6.07) is 7.83. The molecule has 2 N–H and O–H groups in total. The van der Waals surface area contributed by atoms with E-state index < -0.39 is 0 Å². The van der Waals surface area contributed by atoms with Crippen LogP contribution in [0.15, 0.2) is 24.3 Å². The Morgan fingerprint density at radius 1 is 1.32 bits per heavy atom. The molecule has 0 aliphatic rings. The van der Waals surface area contributed by atoms with E-state index >= 15 is 0 Å². The van der Waals surface area contributed by atoms with Gasteiger partial charge >= 0.3 is 0 Å². The summed E-state index contributed by atoms with van der Waals surface area (Å²) in [4.78, 5) is 11.5. The molecular formula is C14H23ClN2O2. The Balaban J connectivity index is 0.00000324. The summed E-state index contributed by atoms with van der Waals surface area (Å²) >= 11 is 0. The highest BCUT2D eigenvalue weighted by atomic mass is 35.5. The molecule has 0 spiro atoms. The molecule has 0 heterocycles. The lowest BCUT2D eigenvalue weighted by atomic mass is 10.2. The average Bonchev–Trinajstić information content (AvgIpc) is 2.35. The second-order valence-electron chi connectivity index (χ2n) is 4.22. The number of amides is 1. The lowest BCUT2D eigenvalue weighted by molar-refractivity contribution is -0.121. The van der Waals surface area contributed by atoms with Crippen molar-refractivity contribution in [1.29, 1.82) is 0 Å². The van der Waals surface area contributed by atoms with Gasteiger partial charge in [0.25, 0.3) is 0 Å². The number of nitrogens with one attached hydrogen (secondary N) is 2. The van der Waals surface area contributed by atoms with Crippen molar-refractivity contribution < 1.29 is 9.53 Å². The minimum Gasteiger partial charge on any atom is -0.493 e. The first-order chi connectivity index (χ1) is 8.72. The van der Waals surface area contributed by atoms with Gasteiger partial charge in [-0.25, -0.2) is 0 Å². The molecule has 0 aliphatic carbocycles. The molecule has 0 aliphatic heterocycles. The van der Waals surface area contributed by atoms with Crippen molar-refractivity contribution in [3.05, 3.63) is 29.8 Å². The first kappa shape index (κ1) is 17.7. The van der Waals surface area contributed by atoms with Crippen LogP contribution < -0.4 is 15.4 Å². The van der Waals surface area contributed by atoms with Gasteiger partial charge in [0.15, 0.2) is 0 Å². The van der Waals surface area contributed by atoms with E-state index in [2.05, 4.69) is 10.6 Å². The van der Waals surface area contributed by atoms with Crippen LogP contribution in [-0.2, 0) is 4.79 Å². The summed E-state index contributed by atoms with van der Waals surface area (Å²) in [5, 5.41) is 5.89. The molecule has 0 unspecified atom stereocenters. The number of ether oxygens (including phenoxy) is 1. The summed E-state index contributed by atoms with van der Waals surface area (Å²) in [5.74, 6) is 0.858. The molecule has 0 saturated carbocycles. The van der Waals surface area contributed by atoms with Gasteiger partial charge in [-0.05, 0) is 44.6 Å². The van der Waals surface area contributed by atoms with Crippen LogP contribution >= 0.6 is 12.4 Å². The molecule has 0 fully saturated rings. The Labute approximate surface area is 121 Å². The molecule has 0 atom stereocenters. The fourth-order valence-corrected chi connectivity index (χ4v) is 1.55. The number of carbonyl (C=O) groups excluding carboxylic acids is 1. The van der Waals surface area contributed by atoms with Crippen LogP contribution in [0, 0.1) is 6.92 Å². The maximum atomic E-state index is 11.5. The van der Waals surface area contributed by atoms with Crippen LogP contribution in [0.2, 0.25) is 0 Å². The van der Waals surface area contributed by atoms with E-state index in [9.17, 15) is 4.79 Å². The molecule has 1 aromatic carbocycles.